The lowest BCUT2D eigenvalue weighted by atomic mass is 9.85. The Balaban J connectivity index is 2.19. The Labute approximate surface area is 116 Å². The Morgan fingerprint density at radius 3 is 2.70 bits per heavy atom. The second-order valence-electron chi connectivity index (χ2n) is 5.21. The third-order valence-electron chi connectivity index (χ3n) is 3.83. The van der Waals surface area contributed by atoms with Gasteiger partial charge in [-0.2, -0.15) is 13.2 Å². The van der Waals surface area contributed by atoms with E-state index in [1.807, 2.05) is 0 Å². The largest absolute Gasteiger partial charge is 0.488 e. The van der Waals surface area contributed by atoms with Gasteiger partial charge in [-0.3, -0.25) is 0 Å². The number of alkyl halides is 3. The van der Waals surface area contributed by atoms with Gasteiger partial charge in [-0.25, -0.2) is 4.98 Å². The first-order valence-electron chi connectivity index (χ1n) is 6.91. The van der Waals surface area contributed by atoms with Gasteiger partial charge in [0, 0.05) is 6.07 Å². The lowest BCUT2D eigenvalue weighted by Gasteiger charge is -2.31. The van der Waals surface area contributed by atoms with Gasteiger partial charge >= 0.3 is 6.18 Å². The zero-order valence-electron chi connectivity index (χ0n) is 11.4. The molecule has 0 radical (unpaired) electrons. The monoisotopic (exact) mass is 288 g/mol. The van der Waals surface area contributed by atoms with E-state index in [1.54, 1.807) is 0 Å². The summed E-state index contributed by atoms with van der Waals surface area (Å²) in [5, 5.41) is 0. The second-order valence-corrected chi connectivity index (χ2v) is 5.21. The fourth-order valence-electron chi connectivity index (χ4n) is 2.66. The molecule has 0 amide bonds. The Morgan fingerprint density at radius 1 is 1.35 bits per heavy atom. The summed E-state index contributed by atoms with van der Waals surface area (Å²) in [4.78, 5) is 3.31. The van der Waals surface area contributed by atoms with E-state index < -0.39 is 11.9 Å². The van der Waals surface area contributed by atoms with Gasteiger partial charge in [-0.15, -0.1) is 0 Å². The van der Waals surface area contributed by atoms with Gasteiger partial charge in [-0.1, -0.05) is 13.3 Å². The Kier molecular flexibility index (Phi) is 4.40. The molecule has 0 saturated heterocycles. The molecular formula is C14H19F3N2O. The summed E-state index contributed by atoms with van der Waals surface area (Å²) in [5.41, 5.74) is 4.87. The molecule has 1 fully saturated rings. The quantitative estimate of drug-likeness (QED) is 0.913. The number of hydrogen-bond donors (Lipinski definition) is 1. The standard InChI is InChI=1S/C14H19F3N2O/c1-2-9-5-3-4-6-11(9)20-12-7-13(14(15,16)17)19-8-10(12)18/h7-9,11H,2-6,18H2,1H3. The maximum absolute atomic E-state index is 12.7. The summed E-state index contributed by atoms with van der Waals surface area (Å²) in [6, 6.07) is 0.899. The molecule has 2 atom stereocenters. The van der Waals surface area contributed by atoms with Crippen LogP contribution < -0.4 is 10.5 Å². The third kappa shape index (κ3) is 3.35. The van der Waals surface area contributed by atoms with E-state index >= 15 is 0 Å². The molecule has 1 aromatic heterocycles. The molecule has 1 aliphatic rings. The molecule has 1 aromatic rings. The highest BCUT2D eigenvalue weighted by Crippen LogP contribution is 2.35. The smallest absolute Gasteiger partial charge is 0.433 e. The van der Waals surface area contributed by atoms with Gasteiger partial charge in [0.25, 0.3) is 0 Å². The minimum atomic E-state index is -4.48. The zero-order valence-corrected chi connectivity index (χ0v) is 11.4. The summed E-state index contributed by atoms with van der Waals surface area (Å²) < 4.78 is 43.7. The number of nitrogens with zero attached hydrogens (tertiary/aromatic N) is 1. The highest BCUT2D eigenvalue weighted by atomic mass is 19.4. The van der Waals surface area contributed by atoms with Crippen LogP contribution >= 0.6 is 0 Å². The van der Waals surface area contributed by atoms with E-state index in [0.29, 0.717) is 5.92 Å². The van der Waals surface area contributed by atoms with Crippen LogP contribution in [0.4, 0.5) is 18.9 Å². The van der Waals surface area contributed by atoms with Crippen molar-refractivity contribution in [3.63, 3.8) is 0 Å². The van der Waals surface area contributed by atoms with Gasteiger partial charge in [-0.05, 0) is 31.6 Å². The number of ether oxygens (including phenoxy) is 1. The summed E-state index contributed by atoms with van der Waals surface area (Å²) >= 11 is 0. The molecule has 20 heavy (non-hydrogen) atoms. The molecule has 0 aromatic carbocycles. The van der Waals surface area contributed by atoms with Crippen LogP contribution in [0.15, 0.2) is 12.3 Å². The van der Waals surface area contributed by atoms with Gasteiger partial charge in [0.05, 0.1) is 11.9 Å². The molecule has 2 rings (SSSR count). The molecule has 2 unspecified atom stereocenters. The van der Waals surface area contributed by atoms with Crippen LogP contribution in [0.3, 0.4) is 0 Å². The van der Waals surface area contributed by atoms with Crippen LogP contribution in [0.25, 0.3) is 0 Å². The average Bonchev–Trinajstić information content (AvgIpc) is 2.40. The summed E-state index contributed by atoms with van der Waals surface area (Å²) in [7, 11) is 0. The van der Waals surface area contributed by atoms with E-state index in [2.05, 4.69) is 11.9 Å². The molecule has 1 aliphatic carbocycles. The second kappa shape index (κ2) is 5.89. The van der Waals surface area contributed by atoms with Crippen molar-refractivity contribution in [3.05, 3.63) is 18.0 Å². The van der Waals surface area contributed by atoms with E-state index in [1.165, 1.54) is 0 Å². The lowest BCUT2D eigenvalue weighted by molar-refractivity contribution is -0.141. The summed E-state index contributed by atoms with van der Waals surface area (Å²) in [5.74, 6) is 0.475. The van der Waals surface area contributed by atoms with E-state index in [4.69, 9.17) is 10.5 Å². The molecule has 6 heteroatoms. The highest BCUT2D eigenvalue weighted by Gasteiger charge is 2.34. The maximum atomic E-state index is 12.7. The van der Waals surface area contributed by atoms with Gasteiger partial charge in [0.2, 0.25) is 0 Å². The predicted molar refractivity (Wildman–Crippen MR) is 70.3 cm³/mol. The molecule has 0 bridgehead atoms. The van der Waals surface area contributed by atoms with Crippen molar-refractivity contribution in [3.8, 4) is 5.75 Å². The molecule has 1 saturated carbocycles. The van der Waals surface area contributed by atoms with Crippen LogP contribution in [0.5, 0.6) is 5.75 Å². The average molecular weight is 288 g/mol. The molecule has 0 aliphatic heterocycles. The Hall–Kier alpha value is -1.46. The summed E-state index contributed by atoms with van der Waals surface area (Å²) in [6.45, 7) is 2.07. The molecule has 3 nitrogen and oxygen atoms in total. The number of halogens is 3. The van der Waals surface area contributed by atoms with Crippen molar-refractivity contribution in [1.82, 2.24) is 4.98 Å². The normalized spacial score (nSPS) is 23.6. The molecular weight excluding hydrogens is 269 g/mol. The van der Waals surface area contributed by atoms with E-state index in [0.717, 1.165) is 44.4 Å². The van der Waals surface area contributed by atoms with Crippen molar-refractivity contribution in [2.24, 2.45) is 5.92 Å². The first kappa shape index (κ1) is 14.9. The van der Waals surface area contributed by atoms with Crippen LogP contribution in [0.2, 0.25) is 0 Å². The highest BCUT2D eigenvalue weighted by molar-refractivity contribution is 5.51. The molecule has 112 valence electrons. The topological polar surface area (TPSA) is 48.1 Å². The fraction of sp³-hybridized carbons (Fsp3) is 0.643. The van der Waals surface area contributed by atoms with Crippen LogP contribution in [0.1, 0.15) is 44.7 Å². The van der Waals surface area contributed by atoms with E-state index in [-0.39, 0.29) is 17.5 Å². The van der Waals surface area contributed by atoms with E-state index in [9.17, 15) is 13.2 Å². The fourth-order valence-corrected chi connectivity index (χ4v) is 2.66. The minimum absolute atomic E-state index is 0.0560. The van der Waals surface area contributed by atoms with Crippen LogP contribution in [-0.2, 0) is 6.18 Å². The van der Waals surface area contributed by atoms with Gasteiger partial charge in [0.15, 0.2) is 0 Å². The van der Waals surface area contributed by atoms with Gasteiger partial charge in [0.1, 0.15) is 17.5 Å². The number of rotatable bonds is 3. The minimum Gasteiger partial charge on any atom is -0.488 e. The number of pyridine rings is 1. The number of hydrogen-bond acceptors (Lipinski definition) is 3. The SMILES string of the molecule is CCC1CCCCC1Oc1cc(C(F)(F)F)ncc1N. The first-order chi connectivity index (χ1) is 9.41. The number of nitrogen functional groups attached to an aromatic ring is 1. The first-order valence-corrected chi connectivity index (χ1v) is 6.91. The number of nitrogens with two attached hydrogens (primary N) is 1. The number of anilines is 1. The van der Waals surface area contributed by atoms with Crippen molar-refractivity contribution >= 4 is 5.69 Å². The van der Waals surface area contributed by atoms with Gasteiger partial charge < -0.3 is 10.5 Å². The molecule has 0 spiro atoms. The lowest BCUT2D eigenvalue weighted by Crippen LogP contribution is -2.30. The maximum Gasteiger partial charge on any atom is 0.433 e. The van der Waals surface area contributed by atoms with Crippen LogP contribution in [-0.4, -0.2) is 11.1 Å². The zero-order chi connectivity index (χ0) is 14.8. The van der Waals surface area contributed by atoms with Crippen molar-refractivity contribution in [1.29, 1.82) is 0 Å². The Bertz CT molecular complexity index is 462. The summed E-state index contributed by atoms with van der Waals surface area (Å²) in [6.07, 6.45) is 1.54. The van der Waals surface area contributed by atoms with Crippen molar-refractivity contribution in [2.45, 2.75) is 51.3 Å². The van der Waals surface area contributed by atoms with Crippen molar-refractivity contribution < 1.29 is 17.9 Å². The predicted octanol–water partition coefficient (Wildman–Crippen LogP) is 4.03. The molecule has 2 N–H and O–H groups in total. The Morgan fingerprint density at radius 2 is 2.05 bits per heavy atom. The molecule has 1 heterocycles. The third-order valence-corrected chi connectivity index (χ3v) is 3.83. The van der Waals surface area contributed by atoms with Crippen LogP contribution in [0, 0.1) is 5.92 Å². The van der Waals surface area contributed by atoms with Crippen molar-refractivity contribution in [2.75, 3.05) is 5.73 Å². The number of aromatic nitrogens is 1.